The van der Waals surface area contributed by atoms with Crippen LogP contribution in [0, 0.1) is 12.7 Å². The lowest BCUT2D eigenvalue weighted by Crippen LogP contribution is -2.15. The molecule has 0 saturated carbocycles. The van der Waals surface area contributed by atoms with E-state index in [1.807, 2.05) is 13.1 Å². The molecule has 1 heterocycles. The molecule has 2 aromatic rings. The summed E-state index contributed by atoms with van der Waals surface area (Å²) >= 11 is 0. The maximum absolute atomic E-state index is 13.5. The van der Waals surface area contributed by atoms with Gasteiger partial charge in [-0.05, 0) is 55.3 Å². The van der Waals surface area contributed by atoms with Gasteiger partial charge in [-0.3, -0.25) is 0 Å². The van der Waals surface area contributed by atoms with Crippen LogP contribution in [0.4, 0.5) is 15.8 Å². The molecular formula is C17H19FN2. The van der Waals surface area contributed by atoms with Gasteiger partial charge in [-0.25, -0.2) is 4.39 Å². The van der Waals surface area contributed by atoms with E-state index in [-0.39, 0.29) is 5.82 Å². The van der Waals surface area contributed by atoms with E-state index in [1.165, 1.54) is 22.4 Å². The fraction of sp³-hybridized carbons (Fsp3) is 0.294. The first-order valence-corrected chi connectivity index (χ1v) is 6.99. The van der Waals surface area contributed by atoms with Gasteiger partial charge in [0.1, 0.15) is 5.82 Å². The van der Waals surface area contributed by atoms with Crippen LogP contribution in [-0.4, -0.2) is 13.6 Å². The quantitative estimate of drug-likeness (QED) is 0.917. The second-order valence-electron chi connectivity index (χ2n) is 5.33. The summed E-state index contributed by atoms with van der Waals surface area (Å²) in [5.41, 5.74) is 5.91. The molecule has 0 saturated heterocycles. The lowest BCUT2D eigenvalue weighted by molar-refractivity contribution is 0.628. The normalized spacial score (nSPS) is 13.7. The second-order valence-corrected chi connectivity index (χ2v) is 5.33. The molecule has 104 valence electrons. The molecule has 0 aliphatic carbocycles. The summed E-state index contributed by atoms with van der Waals surface area (Å²) in [4.78, 5) is 2.22. The largest absolute Gasteiger partial charge is 0.341 e. The standard InChI is InChI=1S/C17H19FN2/c1-12-9-13(11-19-2)3-6-16(12)20-8-7-14-4-5-15(18)10-17(14)20/h3-6,9-10,19H,7-8,11H2,1-2H3. The number of hydrogen-bond donors (Lipinski definition) is 1. The van der Waals surface area contributed by atoms with E-state index in [0.717, 1.165) is 25.2 Å². The minimum atomic E-state index is -0.167. The molecule has 2 nitrogen and oxygen atoms in total. The number of anilines is 2. The Bertz CT molecular complexity index is 637. The first-order chi connectivity index (χ1) is 9.69. The van der Waals surface area contributed by atoms with Crippen LogP contribution in [0.25, 0.3) is 0 Å². The molecule has 2 aromatic carbocycles. The molecule has 0 bridgehead atoms. The van der Waals surface area contributed by atoms with Crippen molar-refractivity contribution in [3.8, 4) is 0 Å². The molecule has 20 heavy (non-hydrogen) atoms. The van der Waals surface area contributed by atoms with E-state index in [9.17, 15) is 4.39 Å². The third-order valence-corrected chi connectivity index (χ3v) is 3.88. The van der Waals surface area contributed by atoms with Crippen molar-refractivity contribution in [1.29, 1.82) is 0 Å². The highest BCUT2D eigenvalue weighted by atomic mass is 19.1. The van der Waals surface area contributed by atoms with E-state index in [1.54, 1.807) is 12.1 Å². The van der Waals surface area contributed by atoms with E-state index < -0.39 is 0 Å². The number of nitrogens with zero attached hydrogens (tertiary/aromatic N) is 1. The third kappa shape index (κ3) is 2.29. The summed E-state index contributed by atoms with van der Waals surface area (Å²) in [5.74, 6) is -0.167. The minimum Gasteiger partial charge on any atom is -0.341 e. The molecular weight excluding hydrogens is 251 g/mol. The Balaban J connectivity index is 1.98. The van der Waals surface area contributed by atoms with Gasteiger partial charge in [-0.1, -0.05) is 18.2 Å². The number of halogens is 1. The fourth-order valence-corrected chi connectivity index (χ4v) is 2.94. The van der Waals surface area contributed by atoms with E-state index in [2.05, 4.69) is 35.3 Å². The molecule has 0 radical (unpaired) electrons. The van der Waals surface area contributed by atoms with Gasteiger partial charge in [0.05, 0.1) is 0 Å². The monoisotopic (exact) mass is 270 g/mol. The van der Waals surface area contributed by atoms with Crippen molar-refractivity contribution < 1.29 is 4.39 Å². The number of aryl methyl sites for hydroxylation is 1. The van der Waals surface area contributed by atoms with Gasteiger partial charge in [0, 0.05) is 24.5 Å². The van der Waals surface area contributed by atoms with Crippen molar-refractivity contribution >= 4 is 11.4 Å². The summed E-state index contributed by atoms with van der Waals surface area (Å²) in [6.45, 7) is 3.91. The van der Waals surface area contributed by atoms with Gasteiger partial charge >= 0.3 is 0 Å². The van der Waals surface area contributed by atoms with Gasteiger partial charge in [0.15, 0.2) is 0 Å². The van der Waals surface area contributed by atoms with Crippen LogP contribution in [0.1, 0.15) is 16.7 Å². The molecule has 1 aliphatic rings. The Morgan fingerprint density at radius 2 is 2.00 bits per heavy atom. The van der Waals surface area contributed by atoms with Crippen LogP contribution in [0.3, 0.4) is 0 Å². The molecule has 1 aliphatic heterocycles. The summed E-state index contributed by atoms with van der Waals surface area (Å²) < 4.78 is 13.5. The van der Waals surface area contributed by atoms with Crippen LogP contribution < -0.4 is 10.2 Å². The molecule has 0 amide bonds. The summed E-state index contributed by atoms with van der Waals surface area (Å²) in [7, 11) is 1.95. The van der Waals surface area contributed by atoms with E-state index in [0.29, 0.717) is 0 Å². The lowest BCUT2D eigenvalue weighted by atomic mass is 10.1. The molecule has 0 spiro atoms. The molecule has 3 rings (SSSR count). The first-order valence-electron chi connectivity index (χ1n) is 6.99. The van der Waals surface area contributed by atoms with Crippen molar-refractivity contribution in [3.05, 3.63) is 58.9 Å². The minimum absolute atomic E-state index is 0.167. The van der Waals surface area contributed by atoms with E-state index in [4.69, 9.17) is 0 Å². The fourth-order valence-electron chi connectivity index (χ4n) is 2.94. The molecule has 0 atom stereocenters. The summed E-state index contributed by atoms with van der Waals surface area (Å²) in [5, 5.41) is 3.16. The first kappa shape index (κ1) is 13.1. The average Bonchev–Trinajstić information content (AvgIpc) is 2.82. The van der Waals surface area contributed by atoms with Crippen LogP contribution in [0.15, 0.2) is 36.4 Å². The third-order valence-electron chi connectivity index (χ3n) is 3.88. The number of benzene rings is 2. The summed E-state index contributed by atoms with van der Waals surface area (Å²) in [6, 6.07) is 11.6. The zero-order valence-electron chi connectivity index (χ0n) is 11.9. The van der Waals surface area contributed by atoms with Crippen molar-refractivity contribution in [2.75, 3.05) is 18.5 Å². The van der Waals surface area contributed by atoms with Crippen LogP contribution in [-0.2, 0) is 13.0 Å². The molecule has 3 heteroatoms. The number of nitrogens with one attached hydrogen (secondary N) is 1. The second kappa shape index (κ2) is 5.25. The Morgan fingerprint density at radius 1 is 1.15 bits per heavy atom. The maximum atomic E-state index is 13.5. The number of hydrogen-bond acceptors (Lipinski definition) is 2. The average molecular weight is 270 g/mol. The van der Waals surface area contributed by atoms with E-state index >= 15 is 0 Å². The highest BCUT2D eigenvalue weighted by Crippen LogP contribution is 2.36. The van der Waals surface area contributed by atoms with Crippen LogP contribution >= 0.6 is 0 Å². The van der Waals surface area contributed by atoms with Gasteiger partial charge in [0.2, 0.25) is 0 Å². The van der Waals surface area contributed by atoms with Gasteiger partial charge < -0.3 is 10.2 Å². The SMILES string of the molecule is CNCc1ccc(N2CCc3ccc(F)cc32)c(C)c1. The Kier molecular flexibility index (Phi) is 3.45. The van der Waals surface area contributed by atoms with Gasteiger partial charge in [-0.2, -0.15) is 0 Å². The Morgan fingerprint density at radius 3 is 2.75 bits per heavy atom. The molecule has 1 N–H and O–H groups in total. The smallest absolute Gasteiger partial charge is 0.125 e. The summed E-state index contributed by atoms with van der Waals surface area (Å²) in [6.07, 6.45) is 0.979. The van der Waals surface area contributed by atoms with Gasteiger partial charge in [0.25, 0.3) is 0 Å². The maximum Gasteiger partial charge on any atom is 0.125 e. The Hall–Kier alpha value is -1.87. The molecule has 0 unspecified atom stereocenters. The Labute approximate surface area is 119 Å². The predicted octanol–water partition coefficient (Wildman–Crippen LogP) is 3.55. The zero-order chi connectivity index (χ0) is 14.1. The molecule has 0 aromatic heterocycles. The number of fused-ring (bicyclic) bond motifs is 1. The predicted molar refractivity (Wildman–Crippen MR) is 81.1 cm³/mol. The highest BCUT2D eigenvalue weighted by Gasteiger charge is 2.22. The van der Waals surface area contributed by atoms with Crippen LogP contribution in [0.5, 0.6) is 0 Å². The van der Waals surface area contributed by atoms with Crippen LogP contribution in [0.2, 0.25) is 0 Å². The molecule has 0 fully saturated rings. The zero-order valence-corrected chi connectivity index (χ0v) is 11.9. The van der Waals surface area contributed by atoms with Crippen molar-refractivity contribution in [2.45, 2.75) is 19.9 Å². The number of rotatable bonds is 3. The highest BCUT2D eigenvalue weighted by molar-refractivity contribution is 5.72. The van der Waals surface area contributed by atoms with Crippen molar-refractivity contribution in [2.24, 2.45) is 0 Å². The topological polar surface area (TPSA) is 15.3 Å². The lowest BCUT2D eigenvalue weighted by Gasteiger charge is -2.22. The van der Waals surface area contributed by atoms with Crippen molar-refractivity contribution in [3.63, 3.8) is 0 Å². The van der Waals surface area contributed by atoms with Gasteiger partial charge in [-0.15, -0.1) is 0 Å². The van der Waals surface area contributed by atoms with Crippen molar-refractivity contribution in [1.82, 2.24) is 5.32 Å².